The van der Waals surface area contributed by atoms with Crippen molar-refractivity contribution in [2.24, 2.45) is 12.8 Å². The molecule has 2 rings (SSSR count). The third kappa shape index (κ3) is 1.96. The Morgan fingerprint density at radius 1 is 1.38 bits per heavy atom. The van der Waals surface area contributed by atoms with Gasteiger partial charge in [-0.15, -0.1) is 0 Å². The molecule has 0 bridgehead atoms. The number of aryl methyl sites for hydroxylation is 1. The summed E-state index contributed by atoms with van der Waals surface area (Å²) in [4.78, 5) is 0. The number of ether oxygens (including phenoxy) is 1. The number of fused-ring (bicyclic) bond motifs is 1. The van der Waals surface area contributed by atoms with Gasteiger partial charge in [-0.3, -0.25) is 0 Å². The lowest BCUT2D eigenvalue weighted by Gasteiger charge is -2.01. The summed E-state index contributed by atoms with van der Waals surface area (Å²) >= 11 is 0. The molecular weight excluding hydrogens is 200 g/mol. The minimum atomic E-state index is 0.585. The maximum absolute atomic E-state index is 5.64. The van der Waals surface area contributed by atoms with E-state index in [1.165, 1.54) is 16.5 Å². The van der Waals surface area contributed by atoms with Crippen molar-refractivity contribution in [3.8, 4) is 0 Å². The Kier molecular flexibility index (Phi) is 3.27. The van der Waals surface area contributed by atoms with Gasteiger partial charge in [0, 0.05) is 42.9 Å². The second-order valence-corrected chi connectivity index (χ2v) is 3.96. The minimum Gasteiger partial charge on any atom is -0.377 e. The number of benzene rings is 1. The van der Waals surface area contributed by atoms with Crippen molar-refractivity contribution in [2.45, 2.75) is 20.1 Å². The van der Waals surface area contributed by atoms with Crippen molar-refractivity contribution >= 4 is 10.9 Å². The van der Waals surface area contributed by atoms with Gasteiger partial charge in [-0.25, -0.2) is 0 Å². The van der Waals surface area contributed by atoms with E-state index in [2.05, 4.69) is 36.0 Å². The van der Waals surface area contributed by atoms with Gasteiger partial charge in [0.2, 0.25) is 0 Å². The van der Waals surface area contributed by atoms with Crippen molar-refractivity contribution in [3.63, 3.8) is 0 Å². The molecular formula is C13H18N2O. The van der Waals surface area contributed by atoms with Gasteiger partial charge in [0.25, 0.3) is 0 Å². The second-order valence-electron chi connectivity index (χ2n) is 3.96. The van der Waals surface area contributed by atoms with Crippen LogP contribution in [-0.4, -0.2) is 11.2 Å². The standard InChI is InChI=1S/C13H18N2O/c1-3-16-9-11-8-15(2)13-6-10(7-14)4-5-12(11)13/h4-6,8H,3,7,9,14H2,1-2H3. The first-order chi connectivity index (χ1) is 7.76. The van der Waals surface area contributed by atoms with E-state index >= 15 is 0 Å². The van der Waals surface area contributed by atoms with Crippen LogP contribution in [0.15, 0.2) is 24.4 Å². The van der Waals surface area contributed by atoms with Crippen molar-refractivity contribution in [1.29, 1.82) is 0 Å². The fraction of sp³-hybridized carbons (Fsp3) is 0.385. The van der Waals surface area contributed by atoms with E-state index in [4.69, 9.17) is 10.5 Å². The predicted octanol–water partition coefficient (Wildman–Crippen LogP) is 2.17. The first-order valence-electron chi connectivity index (χ1n) is 5.61. The molecule has 0 spiro atoms. The van der Waals surface area contributed by atoms with E-state index in [-0.39, 0.29) is 0 Å². The molecule has 2 N–H and O–H groups in total. The van der Waals surface area contributed by atoms with Crippen LogP contribution in [0, 0.1) is 0 Å². The Labute approximate surface area is 95.8 Å². The number of nitrogens with zero attached hydrogens (tertiary/aromatic N) is 1. The van der Waals surface area contributed by atoms with Crippen LogP contribution in [0.4, 0.5) is 0 Å². The van der Waals surface area contributed by atoms with Crippen LogP contribution < -0.4 is 5.73 Å². The third-order valence-corrected chi connectivity index (χ3v) is 2.83. The Hall–Kier alpha value is -1.32. The molecule has 86 valence electrons. The molecule has 0 radical (unpaired) electrons. The number of aromatic nitrogens is 1. The average Bonchev–Trinajstić information content (AvgIpc) is 2.63. The summed E-state index contributed by atoms with van der Waals surface area (Å²) in [6.07, 6.45) is 2.13. The van der Waals surface area contributed by atoms with E-state index < -0.39 is 0 Å². The molecule has 0 aliphatic carbocycles. The molecule has 3 nitrogen and oxygen atoms in total. The molecule has 0 saturated heterocycles. The van der Waals surface area contributed by atoms with Gasteiger partial charge in [0.1, 0.15) is 0 Å². The van der Waals surface area contributed by atoms with Crippen LogP contribution in [0.3, 0.4) is 0 Å². The zero-order valence-electron chi connectivity index (χ0n) is 9.86. The number of hydrogen-bond acceptors (Lipinski definition) is 2. The van der Waals surface area contributed by atoms with Crippen LogP contribution >= 0.6 is 0 Å². The zero-order valence-corrected chi connectivity index (χ0v) is 9.86. The topological polar surface area (TPSA) is 40.2 Å². The Balaban J connectivity index is 2.45. The van der Waals surface area contributed by atoms with Gasteiger partial charge in [-0.2, -0.15) is 0 Å². The molecule has 0 aliphatic rings. The molecule has 0 amide bonds. The fourth-order valence-corrected chi connectivity index (χ4v) is 1.97. The van der Waals surface area contributed by atoms with Gasteiger partial charge in [-0.1, -0.05) is 12.1 Å². The lowest BCUT2D eigenvalue weighted by Crippen LogP contribution is -1.96. The highest BCUT2D eigenvalue weighted by Gasteiger charge is 2.06. The monoisotopic (exact) mass is 218 g/mol. The molecule has 1 aromatic carbocycles. The molecule has 0 fully saturated rings. The summed E-state index contributed by atoms with van der Waals surface area (Å²) in [7, 11) is 2.05. The summed E-state index contributed by atoms with van der Waals surface area (Å²) < 4.78 is 7.59. The highest BCUT2D eigenvalue weighted by molar-refractivity contribution is 5.84. The van der Waals surface area contributed by atoms with Crippen molar-refractivity contribution in [3.05, 3.63) is 35.5 Å². The molecule has 2 aromatic rings. The Morgan fingerprint density at radius 2 is 2.19 bits per heavy atom. The molecule has 1 heterocycles. The van der Waals surface area contributed by atoms with Gasteiger partial charge < -0.3 is 15.0 Å². The minimum absolute atomic E-state index is 0.585. The first kappa shape index (κ1) is 11.2. The quantitative estimate of drug-likeness (QED) is 0.854. The Morgan fingerprint density at radius 3 is 2.88 bits per heavy atom. The molecule has 0 unspecified atom stereocenters. The van der Waals surface area contributed by atoms with Crippen LogP contribution in [-0.2, 0) is 24.9 Å². The predicted molar refractivity (Wildman–Crippen MR) is 66.1 cm³/mol. The maximum Gasteiger partial charge on any atom is 0.0737 e. The van der Waals surface area contributed by atoms with Crippen LogP contribution in [0.5, 0.6) is 0 Å². The molecule has 0 aliphatic heterocycles. The third-order valence-electron chi connectivity index (χ3n) is 2.83. The molecule has 0 saturated carbocycles. The smallest absolute Gasteiger partial charge is 0.0737 e. The van der Waals surface area contributed by atoms with E-state index in [0.717, 1.165) is 12.2 Å². The highest BCUT2D eigenvalue weighted by Crippen LogP contribution is 2.22. The van der Waals surface area contributed by atoms with E-state index in [9.17, 15) is 0 Å². The van der Waals surface area contributed by atoms with E-state index in [0.29, 0.717) is 13.2 Å². The second kappa shape index (κ2) is 4.68. The molecule has 3 heteroatoms. The lowest BCUT2D eigenvalue weighted by molar-refractivity contribution is 0.135. The zero-order chi connectivity index (χ0) is 11.5. The van der Waals surface area contributed by atoms with Gasteiger partial charge in [0.05, 0.1) is 6.61 Å². The van der Waals surface area contributed by atoms with Crippen LogP contribution in [0.25, 0.3) is 10.9 Å². The largest absolute Gasteiger partial charge is 0.377 e. The van der Waals surface area contributed by atoms with Crippen molar-refractivity contribution in [1.82, 2.24) is 4.57 Å². The maximum atomic E-state index is 5.64. The van der Waals surface area contributed by atoms with Crippen molar-refractivity contribution < 1.29 is 4.74 Å². The SMILES string of the molecule is CCOCc1cn(C)c2cc(CN)ccc12. The molecule has 0 atom stereocenters. The van der Waals surface area contributed by atoms with Crippen molar-refractivity contribution in [2.75, 3.05) is 6.61 Å². The average molecular weight is 218 g/mol. The van der Waals surface area contributed by atoms with Crippen LogP contribution in [0.1, 0.15) is 18.1 Å². The highest BCUT2D eigenvalue weighted by atomic mass is 16.5. The number of rotatable bonds is 4. The number of nitrogens with two attached hydrogens (primary N) is 1. The lowest BCUT2D eigenvalue weighted by atomic mass is 10.1. The Bertz CT molecular complexity index is 488. The van der Waals surface area contributed by atoms with Gasteiger partial charge >= 0.3 is 0 Å². The summed E-state index contributed by atoms with van der Waals surface area (Å²) in [5, 5.41) is 1.26. The first-order valence-corrected chi connectivity index (χ1v) is 5.61. The summed E-state index contributed by atoms with van der Waals surface area (Å²) in [5.74, 6) is 0. The fourth-order valence-electron chi connectivity index (χ4n) is 1.97. The van der Waals surface area contributed by atoms with Gasteiger partial charge in [0.15, 0.2) is 0 Å². The van der Waals surface area contributed by atoms with E-state index in [1.54, 1.807) is 0 Å². The summed E-state index contributed by atoms with van der Waals surface area (Å²) in [6, 6.07) is 6.36. The normalized spacial score (nSPS) is 11.2. The molecule has 1 aromatic heterocycles. The van der Waals surface area contributed by atoms with E-state index in [1.807, 2.05) is 6.92 Å². The molecule has 16 heavy (non-hydrogen) atoms. The summed E-state index contributed by atoms with van der Waals surface area (Å²) in [6.45, 7) is 4.02. The van der Waals surface area contributed by atoms with Crippen LogP contribution in [0.2, 0.25) is 0 Å². The van der Waals surface area contributed by atoms with Gasteiger partial charge in [-0.05, 0) is 18.6 Å². The number of hydrogen-bond donors (Lipinski definition) is 1. The summed E-state index contributed by atoms with van der Waals surface area (Å²) in [5.41, 5.74) is 9.27.